The molecule has 0 amide bonds. The number of ether oxygens (including phenoxy) is 1. The summed E-state index contributed by atoms with van der Waals surface area (Å²) in [6.45, 7) is 7.61. The summed E-state index contributed by atoms with van der Waals surface area (Å²) < 4.78 is 5.69. The van der Waals surface area contributed by atoms with Crippen LogP contribution in [0.1, 0.15) is 25.0 Å². The lowest BCUT2D eigenvalue weighted by molar-refractivity contribution is -0.00547. The molecule has 1 fully saturated rings. The van der Waals surface area contributed by atoms with Crippen molar-refractivity contribution >= 4 is 5.82 Å². The van der Waals surface area contributed by atoms with Gasteiger partial charge in [0.1, 0.15) is 11.9 Å². The highest BCUT2D eigenvalue weighted by molar-refractivity contribution is 5.57. The number of aryl methyl sites for hydroxylation is 1. The molecule has 0 spiro atoms. The first-order valence-corrected chi connectivity index (χ1v) is 5.88. The number of hydrogen-bond donors (Lipinski definition) is 0. The molecule has 1 aromatic heterocycles. The molecule has 1 aliphatic heterocycles. The van der Waals surface area contributed by atoms with Crippen LogP contribution in [0.2, 0.25) is 0 Å². The lowest BCUT2D eigenvalue weighted by Crippen LogP contribution is -2.46. The first kappa shape index (κ1) is 11.9. The van der Waals surface area contributed by atoms with Crippen LogP contribution in [0.3, 0.4) is 0 Å². The van der Waals surface area contributed by atoms with Gasteiger partial charge in [0.15, 0.2) is 0 Å². The zero-order valence-corrected chi connectivity index (χ0v) is 10.5. The summed E-state index contributed by atoms with van der Waals surface area (Å²) in [7, 11) is 0. The van der Waals surface area contributed by atoms with E-state index in [4.69, 9.17) is 4.74 Å². The molecule has 0 N–H and O–H groups in total. The predicted molar refractivity (Wildman–Crippen MR) is 65.9 cm³/mol. The summed E-state index contributed by atoms with van der Waals surface area (Å²) in [6.07, 6.45) is 2.11. The predicted octanol–water partition coefficient (Wildman–Crippen LogP) is 1.88. The number of rotatable bonds is 1. The molecular weight excluding hydrogens is 214 g/mol. The van der Waals surface area contributed by atoms with E-state index >= 15 is 0 Å². The van der Waals surface area contributed by atoms with Gasteiger partial charge in [-0.15, -0.1) is 0 Å². The van der Waals surface area contributed by atoms with Crippen molar-refractivity contribution < 1.29 is 4.74 Å². The molecule has 2 rings (SSSR count). The van der Waals surface area contributed by atoms with Gasteiger partial charge in [0.25, 0.3) is 0 Å². The molecule has 2 unspecified atom stereocenters. The maximum Gasteiger partial charge on any atom is 0.146 e. The maximum atomic E-state index is 9.21. The maximum absolute atomic E-state index is 9.21. The smallest absolute Gasteiger partial charge is 0.146 e. The minimum Gasteiger partial charge on any atom is -0.372 e. The second-order valence-corrected chi connectivity index (χ2v) is 4.60. The van der Waals surface area contributed by atoms with Crippen molar-refractivity contribution in [3.05, 3.63) is 23.4 Å². The van der Waals surface area contributed by atoms with E-state index in [-0.39, 0.29) is 12.2 Å². The first-order valence-electron chi connectivity index (χ1n) is 5.88. The van der Waals surface area contributed by atoms with E-state index in [0.717, 1.165) is 24.5 Å². The molecule has 17 heavy (non-hydrogen) atoms. The third-order valence-corrected chi connectivity index (χ3v) is 2.97. The Hall–Kier alpha value is -1.60. The molecule has 1 aromatic rings. The fraction of sp³-hybridized carbons (Fsp3) is 0.538. The molecule has 1 aliphatic rings. The Morgan fingerprint density at radius 1 is 1.41 bits per heavy atom. The summed E-state index contributed by atoms with van der Waals surface area (Å²) in [4.78, 5) is 6.49. The van der Waals surface area contributed by atoms with Gasteiger partial charge in [-0.2, -0.15) is 5.26 Å². The fourth-order valence-electron chi connectivity index (χ4n) is 2.27. The van der Waals surface area contributed by atoms with E-state index < -0.39 is 0 Å². The van der Waals surface area contributed by atoms with Crippen molar-refractivity contribution in [2.75, 3.05) is 18.0 Å². The van der Waals surface area contributed by atoms with Crippen LogP contribution >= 0.6 is 0 Å². The van der Waals surface area contributed by atoms with Gasteiger partial charge in [-0.05, 0) is 32.4 Å². The molecule has 0 saturated carbocycles. The SMILES string of the molecule is Cc1ccnc(N2CC(C)OC(C)C2)c1C#N. The quantitative estimate of drug-likeness (QED) is 0.740. The second kappa shape index (κ2) is 4.72. The molecule has 0 radical (unpaired) electrons. The van der Waals surface area contributed by atoms with E-state index in [1.54, 1.807) is 6.20 Å². The molecule has 0 aliphatic carbocycles. The Morgan fingerprint density at radius 3 is 2.65 bits per heavy atom. The normalized spacial score (nSPS) is 24.5. The largest absolute Gasteiger partial charge is 0.372 e. The molecule has 0 bridgehead atoms. The second-order valence-electron chi connectivity index (χ2n) is 4.60. The average molecular weight is 231 g/mol. The van der Waals surface area contributed by atoms with Crippen LogP contribution in [0.15, 0.2) is 12.3 Å². The molecule has 90 valence electrons. The Morgan fingerprint density at radius 2 is 2.06 bits per heavy atom. The van der Waals surface area contributed by atoms with E-state index in [2.05, 4.69) is 16.0 Å². The highest BCUT2D eigenvalue weighted by atomic mass is 16.5. The Balaban J connectivity index is 2.34. The fourth-order valence-corrected chi connectivity index (χ4v) is 2.27. The molecule has 2 atom stereocenters. The van der Waals surface area contributed by atoms with E-state index in [0.29, 0.717) is 5.56 Å². The first-order chi connectivity index (χ1) is 8.11. The Kier molecular flexibility index (Phi) is 3.30. The van der Waals surface area contributed by atoms with Crippen molar-refractivity contribution in [1.29, 1.82) is 5.26 Å². The minimum atomic E-state index is 0.174. The van der Waals surface area contributed by atoms with Crippen molar-refractivity contribution in [1.82, 2.24) is 4.98 Å². The van der Waals surface area contributed by atoms with Crippen LogP contribution < -0.4 is 4.90 Å². The zero-order chi connectivity index (χ0) is 12.4. The number of nitrogens with zero attached hydrogens (tertiary/aromatic N) is 3. The third-order valence-electron chi connectivity index (χ3n) is 2.97. The summed E-state index contributed by atoms with van der Waals surface area (Å²) in [5, 5.41) is 9.21. The van der Waals surface area contributed by atoms with Crippen LogP contribution in [-0.2, 0) is 4.74 Å². The van der Waals surface area contributed by atoms with E-state index in [1.165, 1.54) is 0 Å². The van der Waals surface area contributed by atoms with Gasteiger partial charge in [0.05, 0.1) is 17.8 Å². The number of anilines is 1. The average Bonchev–Trinajstić information content (AvgIpc) is 2.27. The van der Waals surface area contributed by atoms with Crippen LogP contribution in [0.5, 0.6) is 0 Å². The molecule has 2 heterocycles. The van der Waals surface area contributed by atoms with Gasteiger partial charge < -0.3 is 9.64 Å². The Bertz CT molecular complexity index is 442. The van der Waals surface area contributed by atoms with Gasteiger partial charge in [-0.1, -0.05) is 0 Å². The summed E-state index contributed by atoms with van der Waals surface area (Å²) in [5.41, 5.74) is 1.65. The van der Waals surface area contributed by atoms with Crippen molar-refractivity contribution in [2.24, 2.45) is 0 Å². The minimum absolute atomic E-state index is 0.174. The monoisotopic (exact) mass is 231 g/mol. The van der Waals surface area contributed by atoms with Gasteiger partial charge >= 0.3 is 0 Å². The van der Waals surface area contributed by atoms with Gasteiger partial charge in [-0.3, -0.25) is 0 Å². The number of nitriles is 1. The van der Waals surface area contributed by atoms with Crippen molar-refractivity contribution in [3.63, 3.8) is 0 Å². The van der Waals surface area contributed by atoms with Crippen LogP contribution in [0.4, 0.5) is 5.82 Å². The number of pyridine rings is 1. The van der Waals surface area contributed by atoms with Gasteiger partial charge in [0, 0.05) is 19.3 Å². The topological polar surface area (TPSA) is 49.2 Å². The standard InChI is InChI=1S/C13H17N3O/c1-9-4-5-15-13(12(9)6-14)16-7-10(2)17-11(3)8-16/h4-5,10-11H,7-8H2,1-3H3. The molecule has 4 heteroatoms. The molecule has 0 aromatic carbocycles. The van der Waals surface area contributed by atoms with E-state index in [1.807, 2.05) is 26.8 Å². The van der Waals surface area contributed by atoms with Crippen molar-refractivity contribution in [3.8, 4) is 6.07 Å². The molecule has 1 saturated heterocycles. The number of hydrogen-bond acceptors (Lipinski definition) is 4. The summed E-state index contributed by atoms with van der Waals surface area (Å²) >= 11 is 0. The van der Waals surface area contributed by atoms with Crippen LogP contribution in [0, 0.1) is 18.3 Å². The summed E-state index contributed by atoms with van der Waals surface area (Å²) in [6, 6.07) is 4.12. The van der Waals surface area contributed by atoms with Crippen molar-refractivity contribution in [2.45, 2.75) is 33.0 Å². The lowest BCUT2D eigenvalue weighted by atomic mass is 10.1. The molecule has 4 nitrogen and oxygen atoms in total. The molecular formula is C13H17N3O. The highest BCUT2D eigenvalue weighted by Crippen LogP contribution is 2.23. The van der Waals surface area contributed by atoms with Crippen LogP contribution in [0.25, 0.3) is 0 Å². The number of morpholine rings is 1. The van der Waals surface area contributed by atoms with Crippen LogP contribution in [-0.4, -0.2) is 30.3 Å². The zero-order valence-electron chi connectivity index (χ0n) is 10.5. The van der Waals surface area contributed by atoms with E-state index in [9.17, 15) is 5.26 Å². The summed E-state index contributed by atoms with van der Waals surface area (Å²) in [5.74, 6) is 0.787. The number of aromatic nitrogens is 1. The van der Waals surface area contributed by atoms with Gasteiger partial charge in [-0.25, -0.2) is 4.98 Å². The third kappa shape index (κ3) is 2.40. The Labute approximate surface area is 102 Å². The highest BCUT2D eigenvalue weighted by Gasteiger charge is 2.25. The lowest BCUT2D eigenvalue weighted by Gasteiger charge is -2.36. The van der Waals surface area contributed by atoms with Gasteiger partial charge in [0.2, 0.25) is 0 Å².